The first-order valence-corrected chi connectivity index (χ1v) is 12.0. The maximum Gasteiger partial charge on any atom is 0.220 e. The maximum absolute atomic E-state index is 11.8. The zero-order valence-electron chi connectivity index (χ0n) is 18.9. The number of aromatic hydroxyl groups is 1. The predicted octanol–water partition coefficient (Wildman–Crippen LogP) is 4.41. The molecule has 4 N–H and O–H groups in total. The Balaban J connectivity index is 1.76. The number of carbonyl (C=O) groups excluding carboxylic acids is 1. The fourth-order valence-corrected chi connectivity index (χ4v) is 4.19. The Labute approximate surface area is 203 Å². The Morgan fingerprint density at radius 3 is 2.76 bits per heavy atom. The minimum Gasteiger partial charge on any atom is -0.503 e. The van der Waals surface area contributed by atoms with E-state index in [1.165, 1.54) is 18.0 Å². The lowest BCUT2D eigenvalue weighted by Gasteiger charge is -2.07. The third-order valence-corrected chi connectivity index (χ3v) is 6.05. The van der Waals surface area contributed by atoms with Gasteiger partial charge >= 0.3 is 0 Å². The Hall–Kier alpha value is -2.90. The van der Waals surface area contributed by atoms with Crippen molar-refractivity contribution >= 4 is 44.9 Å². The number of methoxy groups -OCH3 is 1. The molecular weight excluding hydrogens is 482 g/mol. The highest BCUT2D eigenvalue weighted by Gasteiger charge is 2.14. The molecule has 0 aliphatic heterocycles. The molecule has 0 aliphatic rings. The van der Waals surface area contributed by atoms with E-state index in [-0.39, 0.29) is 11.7 Å². The molecule has 1 heterocycles. The number of aryl methyl sites for hydroxylation is 1. The van der Waals surface area contributed by atoms with E-state index in [0.717, 1.165) is 37.1 Å². The van der Waals surface area contributed by atoms with Gasteiger partial charge in [0.05, 0.1) is 11.6 Å². The molecule has 1 aromatic heterocycles. The highest BCUT2D eigenvalue weighted by Crippen LogP contribution is 2.35. The highest BCUT2D eigenvalue weighted by atomic mass is 79.9. The number of pyridine rings is 1. The van der Waals surface area contributed by atoms with Crippen LogP contribution in [-0.4, -0.2) is 31.2 Å². The van der Waals surface area contributed by atoms with Crippen molar-refractivity contribution in [2.75, 3.05) is 20.2 Å². The summed E-state index contributed by atoms with van der Waals surface area (Å²) in [5.41, 5.74) is 8.59. The summed E-state index contributed by atoms with van der Waals surface area (Å²) in [5.74, 6) is 0.579. The molecule has 3 rings (SSSR count). The highest BCUT2D eigenvalue weighted by molar-refractivity contribution is 9.10. The molecule has 2 aromatic carbocycles. The Morgan fingerprint density at radius 1 is 1.15 bits per heavy atom. The van der Waals surface area contributed by atoms with Gasteiger partial charge in [-0.05, 0) is 64.7 Å². The van der Waals surface area contributed by atoms with Crippen LogP contribution < -0.4 is 20.4 Å². The molecule has 0 aliphatic carbocycles. The van der Waals surface area contributed by atoms with Gasteiger partial charge in [-0.3, -0.25) is 4.79 Å². The number of phenolic OH excluding ortho intramolecular Hbond substituents is 1. The molecule has 0 fully saturated rings. The number of unbranched alkanes of at least 4 members (excludes halogenated alkanes) is 2. The summed E-state index contributed by atoms with van der Waals surface area (Å²) in [7, 11) is 1.54. The minimum atomic E-state index is 0.0670. The van der Waals surface area contributed by atoms with E-state index in [1.807, 2.05) is 18.2 Å². The first kappa shape index (κ1) is 24.7. The number of aromatic nitrogens is 1. The third kappa shape index (κ3) is 6.79. The molecule has 1 amide bonds. The van der Waals surface area contributed by atoms with E-state index in [9.17, 15) is 9.90 Å². The van der Waals surface area contributed by atoms with E-state index in [2.05, 4.69) is 62.2 Å². The van der Waals surface area contributed by atoms with Gasteiger partial charge in [0.1, 0.15) is 6.54 Å². The average Bonchev–Trinajstić information content (AvgIpc) is 2.83. The first-order chi connectivity index (χ1) is 16.0. The number of halogens is 1. The number of rotatable bonds is 11. The number of benzene rings is 2. The Kier molecular flexibility index (Phi) is 9.27. The lowest BCUT2D eigenvalue weighted by Crippen LogP contribution is -2.38. The largest absolute Gasteiger partial charge is 0.503 e. The summed E-state index contributed by atoms with van der Waals surface area (Å²) in [6, 6.07) is 16.2. The second kappa shape index (κ2) is 12.4. The molecule has 0 unspecified atom stereocenters. The average molecular weight is 513 g/mol. The second-order valence-corrected chi connectivity index (χ2v) is 8.66. The summed E-state index contributed by atoms with van der Waals surface area (Å²) in [6.45, 7) is 1.85. The third-order valence-electron chi connectivity index (χ3n) is 5.44. The Bertz CT molecular complexity index is 1130. The molecule has 7 heteroatoms. The maximum atomic E-state index is 11.8. The smallest absolute Gasteiger partial charge is 0.220 e. The second-order valence-electron chi connectivity index (χ2n) is 7.80. The van der Waals surface area contributed by atoms with Crippen molar-refractivity contribution in [3.63, 3.8) is 0 Å². The van der Waals surface area contributed by atoms with Crippen LogP contribution in [0.5, 0.6) is 11.5 Å². The number of nitrogens with two attached hydrogens (primary N) is 1. The summed E-state index contributed by atoms with van der Waals surface area (Å²) >= 11 is 3.38. The molecule has 3 aromatic rings. The van der Waals surface area contributed by atoms with Gasteiger partial charge in [0, 0.05) is 49.5 Å². The number of nitrogens with zero attached hydrogens (tertiary/aromatic N) is 1. The fraction of sp³-hybridized carbons (Fsp3) is 0.308. The molecule has 6 nitrogen and oxygen atoms in total. The van der Waals surface area contributed by atoms with Crippen molar-refractivity contribution in [1.29, 1.82) is 0 Å². The van der Waals surface area contributed by atoms with Crippen LogP contribution in [0.1, 0.15) is 36.9 Å². The van der Waals surface area contributed by atoms with E-state index in [4.69, 9.17) is 10.5 Å². The molecule has 0 saturated heterocycles. The van der Waals surface area contributed by atoms with Crippen LogP contribution in [0.3, 0.4) is 0 Å². The van der Waals surface area contributed by atoms with E-state index < -0.39 is 0 Å². The van der Waals surface area contributed by atoms with Crippen LogP contribution in [0.4, 0.5) is 0 Å². The van der Waals surface area contributed by atoms with Crippen molar-refractivity contribution in [1.82, 2.24) is 5.32 Å². The number of phenols is 1. The predicted molar refractivity (Wildman–Crippen MR) is 136 cm³/mol. The van der Waals surface area contributed by atoms with Gasteiger partial charge in [0.25, 0.3) is 0 Å². The van der Waals surface area contributed by atoms with Crippen LogP contribution in [0.15, 0.2) is 53.0 Å². The van der Waals surface area contributed by atoms with Gasteiger partial charge in [-0.2, -0.15) is 4.57 Å². The number of ether oxygens (including phenoxy) is 1. The molecule has 0 saturated carbocycles. The lowest BCUT2D eigenvalue weighted by atomic mass is 10.1. The lowest BCUT2D eigenvalue weighted by molar-refractivity contribution is -0.673. The van der Waals surface area contributed by atoms with Gasteiger partial charge in [0.15, 0.2) is 11.5 Å². The van der Waals surface area contributed by atoms with E-state index in [0.29, 0.717) is 29.7 Å². The molecule has 0 radical (unpaired) electrons. The molecule has 0 bridgehead atoms. The zero-order valence-corrected chi connectivity index (χ0v) is 20.5. The van der Waals surface area contributed by atoms with Crippen LogP contribution >= 0.6 is 15.9 Å². The molecule has 0 atom stereocenters. The van der Waals surface area contributed by atoms with Crippen LogP contribution in [0, 0.1) is 0 Å². The van der Waals surface area contributed by atoms with Crippen molar-refractivity contribution < 1.29 is 19.2 Å². The minimum absolute atomic E-state index is 0.0670. The zero-order chi connectivity index (χ0) is 23.6. The number of hydrogen-bond acceptors (Lipinski definition) is 4. The summed E-state index contributed by atoms with van der Waals surface area (Å²) in [4.78, 5) is 11.8. The first-order valence-electron chi connectivity index (χ1n) is 11.2. The molecular formula is C26H31BrN3O3+. The van der Waals surface area contributed by atoms with Gasteiger partial charge < -0.3 is 20.9 Å². The molecule has 174 valence electrons. The van der Waals surface area contributed by atoms with Gasteiger partial charge in [0.2, 0.25) is 17.1 Å². The van der Waals surface area contributed by atoms with Gasteiger partial charge in [-0.1, -0.05) is 12.1 Å². The summed E-state index contributed by atoms with van der Waals surface area (Å²) in [6.07, 6.45) is 7.42. The van der Waals surface area contributed by atoms with Crippen LogP contribution in [0.2, 0.25) is 0 Å². The number of amides is 1. The Morgan fingerprint density at radius 2 is 1.97 bits per heavy atom. The number of nitrogens with one attached hydrogen (secondary N) is 1. The topological polar surface area (TPSA) is 88.5 Å². The quantitative estimate of drug-likeness (QED) is 0.262. The summed E-state index contributed by atoms with van der Waals surface area (Å²) < 4.78 is 8.16. The standard InChI is InChI=1S/C26H30BrN3O3/c1-33-24-18-19(17-22(27)26(24)32)10-12-21-13-11-20-7-4-5-8-23(20)30(21)16-6-2-3-9-25(31)29-15-14-28/h4-5,7-8,10-13,17-18H,2-3,6,9,14-16,28H2,1H3,(H,29,31)/p+1. The number of para-hydroxylation sites is 1. The van der Waals surface area contributed by atoms with Crippen molar-refractivity contribution in [2.45, 2.75) is 32.2 Å². The SMILES string of the molecule is COc1cc(/C=C/c2ccc3ccccc3[n+]2CCCCCC(=O)NCCN)cc(Br)c1O. The summed E-state index contributed by atoms with van der Waals surface area (Å²) in [5, 5.41) is 14.1. The normalized spacial score (nSPS) is 11.2. The van der Waals surface area contributed by atoms with E-state index in [1.54, 1.807) is 6.07 Å². The number of hydrogen-bond donors (Lipinski definition) is 3. The van der Waals surface area contributed by atoms with Crippen LogP contribution in [-0.2, 0) is 11.3 Å². The number of fused-ring (bicyclic) bond motifs is 1. The van der Waals surface area contributed by atoms with Crippen LogP contribution in [0.25, 0.3) is 23.1 Å². The van der Waals surface area contributed by atoms with Crippen molar-refractivity contribution in [2.24, 2.45) is 5.73 Å². The van der Waals surface area contributed by atoms with E-state index >= 15 is 0 Å². The monoisotopic (exact) mass is 512 g/mol. The molecule has 0 spiro atoms. The van der Waals surface area contributed by atoms with Crippen molar-refractivity contribution in [3.8, 4) is 11.5 Å². The number of carbonyl (C=O) groups is 1. The van der Waals surface area contributed by atoms with Gasteiger partial charge in [-0.15, -0.1) is 0 Å². The molecule has 33 heavy (non-hydrogen) atoms. The van der Waals surface area contributed by atoms with Crippen molar-refractivity contribution in [3.05, 3.63) is 64.3 Å². The fourth-order valence-electron chi connectivity index (χ4n) is 3.73. The van der Waals surface area contributed by atoms with Gasteiger partial charge in [-0.25, -0.2) is 0 Å².